The molecule has 1 unspecified atom stereocenters. The molecule has 0 heterocycles. The summed E-state index contributed by atoms with van der Waals surface area (Å²) in [5, 5.41) is 0. The molecule has 1 aliphatic rings. The summed E-state index contributed by atoms with van der Waals surface area (Å²) in [5.74, 6) is -0.603. The maximum atomic E-state index is 13.5. The molecule has 3 aromatic carbocycles. The largest absolute Gasteiger partial charge is 0.222 e. The van der Waals surface area contributed by atoms with Crippen molar-refractivity contribution in [3.8, 4) is 0 Å². The van der Waals surface area contributed by atoms with E-state index in [4.69, 9.17) is 0 Å². The van der Waals surface area contributed by atoms with Gasteiger partial charge in [-0.3, -0.25) is 0 Å². The third-order valence-corrected chi connectivity index (χ3v) is 10.9. The molecule has 0 aliphatic heterocycles. The summed E-state index contributed by atoms with van der Waals surface area (Å²) < 4.78 is 52.3. The minimum Gasteiger partial charge on any atom is -0.222 e. The van der Waals surface area contributed by atoms with Crippen LogP contribution in [0.5, 0.6) is 0 Å². The van der Waals surface area contributed by atoms with Gasteiger partial charge in [0.2, 0.25) is 0 Å². The number of sulfone groups is 2. The number of rotatable bonds is 5. The van der Waals surface area contributed by atoms with E-state index in [1.165, 1.54) is 24.3 Å². The Bertz CT molecular complexity index is 1090. The molecule has 0 N–H and O–H groups in total. The van der Waals surface area contributed by atoms with Gasteiger partial charge in [-0.25, -0.2) is 16.8 Å². The second-order valence-electron chi connectivity index (χ2n) is 6.61. The van der Waals surface area contributed by atoms with Gasteiger partial charge in [-0.05, 0) is 36.2 Å². The first-order valence-electron chi connectivity index (χ1n) is 8.55. The predicted octanol–water partition coefficient (Wildman–Crippen LogP) is 3.82. The fraction of sp³-hybridized carbons (Fsp3) is 0.143. The van der Waals surface area contributed by atoms with Gasteiger partial charge in [0.25, 0.3) is 0 Å². The molecule has 1 fully saturated rings. The van der Waals surface area contributed by atoms with Crippen molar-refractivity contribution in [3.63, 3.8) is 0 Å². The molecule has 1 saturated carbocycles. The zero-order chi connectivity index (χ0) is 19.1. The molecule has 0 amide bonds. The minimum absolute atomic E-state index is 0.0305. The van der Waals surface area contributed by atoms with E-state index in [1.54, 1.807) is 60.7 Å². The smallest absolute Gasteiger partial charge is 0.199 e. The molecule has 138 valence electrons. The van der Waals surface area contributed by atoms with E-state index in [9.17, 15) is 16.8 Å². The monoisotopic (exact) mass is 398 g/mol. The van der Waals surface area contributed by atoms with Crippen LogP contribution in [-0.4, -0.2) is 20.9 Å². The van der Waals surface area contributed by atoms with E-state index < -0.39 is 29.7 Å². The first-order chi connectivity index (χ1) is 12.9. The highest BCUT2D eigenvalue weighted by atomic mass is 32.3. The molecule has 0 bridgehead atoms. The lowest BCUT2D eigenvalue weighted by Crippen LogP contribution is -2.35. The zero-order valence-corrected chi connectivity index (χ0v) is 16.0. The maximum absolute atomic E-state index is 13.5. The van der Waals surface area contributed by atoms with Gasteiger partial charge in [0.1, 0.15) is 0 Å². The van der Waals surface area contributed by atoms with Gasteiger partial charge in [-0.2, -0.15) is 0 Å². The fourth-order valence-corrected chi connectivity index (χ4v) is 8.97. The molecule has 4 rings (SSSR count). The molecule has 1 atom stereocenters. The van der Waals surface area contributed by atoms with Crippen molar-refractivity contribution in [1.29, 1.82) is 0 Å². The topological polar surface area (TPSA) is 68.3 Å². The second kappa shape index (κ2) is 6.32. The zero-order valence-electron chi connectivity index (χ0n) is 14.4. The van der Waals surface area contributed by atoms with Crippen LogP contribution in [0.15, 0.2) is 101 Å². The third kappa shape index (κ3) is 2.63. The van der Waals surface area contributed by atoms with E-state index in [0.717, 1.165) is 5.56 Å². The minimum atomic E-state index is -4.12. The first kappa shape index (κ1) is 17.9. The van der Waals surface area contributed by atoms with Crippen molar-refractivity contribution in [2.24, 2.45) is 0 Å². The highest BCUT2D eigenvalue weighted by Gasteiger charge is 2.73. The van der Waals surface area contributed by atoms with Gasteiger partial charge in [-0.15, -0.1) is 0 Å². The van der Waals surface area contributed by atoms with Gasteiger partial charge in [0.15, 0.2) is 23.8 Å². The van der Waals surface area contributed by atoms with Gasteiger partial charge in [0.05, 0.1) is 9.79 Å². The summed E-state index contributed by atoms with van der Waals surface area (Å²) in [4.78, 5) is 0.0610. The van der Waals surface area contributed by atoms with E-state index in [0.29, 0.717) is 0 Å². The van der Waals surface area contributed by atoms with E-state index in [-0.39, 0.29) is 16.2 Å². The van der Waals surface area contributed by atoms with Crippen LogP contribution >= 0.6 is 0 Å². The molecule has 4 nitrogen and oxygen atoms in total. The first-order valence-corrected chi connectivity index (χ1v) is 11.5. The van der Waals surface area contributed by atoms with E-state index in [1.807, 2.05) is 6.07 Å². The molecule has 0 radical (unpaired) electrons. The van der Waals surface area contributed by atoms with Crippen LogP contribution in [0, 0.1) is 0 Å². The standard InChI is InChI=1S/C21H18O4S2/c22-26(23,18-12-6-2-7-13-18)21(16-20(21)17-10-4-1-5-11-17)27(24,25)19-14-8-3-9-15-19/h1-15,20H,16H2. The highest BCUT2D eigenvalue weighted by molar-refractivity contribution is 8.11. The summed E-state index contributed by atoms with van der Waals surface area (Å²) >= 11 is 0. The van der Waals surface area contributed by atoms with Crippen LogP contribution in [0.25, 0.3) is 0 Å². The van der Waals surface area contributed by atoms with Crippen LogP contribution in [0.1, 0.15) is 17.9 Å². The Morgan fingerprint density at radius 3 is 1.37 bits per heavy atom. The molecule has 6 heteroatoms. The highest BCUT2D eigenvalue weighted by Crippen LogP contribution is 2.63. The maximum Gasteiger partial charge on any atom is 0.199 e. The SMILES string of the molecule is O=S(=O)(c1ccccc1)C1(S(=O)(=O)c2ccccc2)CC1c1ccccc1. The van der Waals surface area contributed by atoms with Crippen molar-refractivity contribution in [2.45, 2.75) is 26.2 Å². The molecule has 1 aliphatic carbocycles. The van der Waals surface area contributed by atoms with Gasteiger partial charge in [0, 0.05) is 5.92 Å². The molecule has 27 heavy (non-hydrogen) atoms. The Morgan fingerprint density at radius 1 is 0.593 bits per heavy atom. The van der Waals surface area contributed by atoms with E-state index >= 15 is 0 Å². The number of benzene rings is 3. The van der Waals surface area contributed by atoms with Gasteiger partial charge in [-0.1, -0.05) is 66.7 Å². The van der Waals surface area contributed by atoms with Crippen LogP contribution in [0.2, 0.25) is 0 Å². The van der Waals surface area contributed by atoms with Crippen LogP contribution in [-0.2, 0) is 19.7 Å². The molecular formula is C21H18O4S2. The van der Waals surface area contributed by atoms with Crippen LogP contribution in [0.4, 0.5) is 0 Å². The van der Waals surface area contributed by atoms with Crippen molar-refractivity contribution >= 4 is 19.7 Å². The van der Waals surface area contributed by atoms with Gasteiger partial charge < -0.3 is 0 Å². The normalized spacial score (nSPS) is 18.7. The van der Waals surface area contributed by atoms with Crippen LogP contribution < -0.4 is 0 Å². The summed E-state index contributed by atoms with van der Waals surface area (Å²) in [6.07, 6.45) is 0.0471. The lowest BCUT2D eigenvalue weighted by molar-refractivity contribution is 0.570. The van der Waals surface area contributed by atoms with Gasteiger partial charge >= 0.3 is 0 Å². The summed E-state index contributed by atoms with van der Waals surface area (Å²) in [7, 11) is -8.24. The number of hydrogen-bond acceptors (Lipinski definition) is 4. The second-order valence-corrected chi connectivity index (χ2v) is 11.3. The number of hydrogen-bond donors (Lipinski definition) is 0. The van der Waals surface area contributed by atoms with E-state index in [2.05, 4.69) is 0 Å². The Balaban J connectivity index is 1.94. The Labute approximate surface area is 159 Å². The summed E-state index contributed by atoms with van der Waals surface area (Å²) in [5.41, 5.74) is 0.719. The fourth-order valence-electron chi connectivity index (χ4n) is 3.62. The van der Waals surface area contributed by atoms with Crippen LogP contribution in [0.3, 0.4) is 0 Å². The molecule has 0 saturated heterocycles. The average molecular weight is 399 g/mol. The quantitative estimate of drug-likeness (QED) is 0.655. The van der Waals surface area contributed by atoms with Crippen molar-refractivity contribution < 1.29 is 16.8 Å². The summed E-state index contributed by atoms with van der Waals surface area (Å²) in [6, 6.07) is 24.7. The summed E-state index contributed by atoms with van der Waals surface area (Å²) in [6.45, 7) is 0. The molecule has 0 spiro atoms. The lowest BCUT2D eigenvalue weighted by Gasteiger charge is -2.20. The molecule has 3 aromatic rings. The third-order valence-electron chi connectivity index (χ3n) is 5.08. The predicted molar refractivity (Wildman–Crippen MR) is 104 cm³/mol. The Hall–Kier alpha value is -2.44. The lowest BCUT2D eigenvalue weighted by atomic mass is 10.1. The average Bonchev–Trinajstić information content (AvgIpc) is 3.48. The molecular weight excluding hydrogens is 380 g/mol. The molecule has 0 aromatic heterocycles. The Kier molecular flexibility index (Phi) is 4.20. The van der Waals surface area contributed by atoms with Crippen molar-refractivity contribution in [1.82, 2.24) is 0 Å². The van der Waals surface area contributed by atoms with Crippen molar-refractivity contribution in [3.05, 3.63) is 96.6 Å². The Morgan fingerprint density at radius 2 is 0.963 bits per heavy atom. The van der Waals surface area contributed by atoms with Crippen molar-refractivity contribution in [2.75, 3.05) is 0 Å².